The first-order valence-electron chi connectivity index (χ1n) is 6.97. The van der Waals surface area contributed by atoms with Gasteiger partial charge in [-0.3, -0.25) is 4.79 Å². The zero-order valence-electron chi connectivity index (χ0n) is 11.1. The first kappa shape index (κ1) is 13.2. The van der Waals surface area contributed by atoms with E-state index in [9.17, 15) is 9.59 Å². The number of carbonyl (C=O) groups is 2. The second-order valence-corrected chi connectivity index (χ2v) is 5.42. The van der Waals surface area contributed by atoms with Gasteiger partial charge >= 0.3 is 6.03 Å². The SMILES string of the molecule is CC(=O)NC1CCN(C(=O)NC2CCCCC2)C1. The van der Waals surface area contributed by atoms with Gasteiger partial charge in [-0.05, 0) is 19.3 Å². The molecular weight excluding hydrogens is 230 g/mol. The van der Waals surface area contributed by atoms with Crippen molar-refractivity contribution in [3.63, 3.8) is 0 Å². The predicted molar refractivity (Wildman–Crippen MR) is 69.2 cm³/mol. The van der Waals surface area contributed by atoms with Crippen molar-refractivity contribution in [2.75, 3.05) is 13.1 Å². The van der Waals surface area contributed by atoms with Gasteiger partial charge in [-0.2, -0.15) is 0 Å². The summed E-state index contributed by atoms with van der Waals surface area (Å²) in [5, 5.41) is 5.98. The summed E-state index contributed by atoms with van der Waals surface area (Å²) in [4.78, 5) is 24.8. The first-order valence-corrected chi connectivity index (χ1v) is 6.97. The van der Waals surface area contributed by atoms with Crippen LogP contribution in [0.2, 0.25) is 0 Å². The van der Waals surface area contributed by atoms with Crippen LogP contribution in [0.5, 0.6) is 0 Å². The lowest BCUT2D eigenvalue weighted by Gasteiger charge is -2.26. The maximum absolute atomic E-state index is 12.0. The molecule has 0 radical (unpaired) electrons. The highest BCUT2D eigenvalue weighted by atomic mass is 16.2. The van der Waals surface area contributed by atoms with Gasteiger partial charge < -0.3 is 15.5 Å². The van der Waals surface area contributed by atoms with Crippen LogP contribution in [0.15, 0.2) is 0 Å². The van der Waals surface area contributed by atoms with Crippen LogP contribution < -0.4 is 10.6 Å². The quantitative estimate of drug-likeness (QED) is 0.778. The Bertz CT molecular complexity index is 313. The minimum absolute atomic E-state index is 0.0189. The van der Waals surface area contributed by atoms with Crippen molar-refractivity contribution in [1.29, 1.82) is 0 Å². The van der Waals surface area contributed by atoms with Crippen LogP contribution in [0.3, 0.4) is 0 Å². The van der Waals surface area contributed by atoms with Gasteiger partial charge in [-0.1, -0.05) is 19.3 Å². The molecule has 18 heavy (non-hydrogen) atoms. The number of nitrogens with one attached hydrogen (secondary N) is 2. The highest BCUT2D eigenvalue weighted by molar-refractivity contribution is 5.76. The number of amides is 3. The normalized spacial score (nSPS) is 24.9. The Hall–Kier alpha value is -1.26. The summed E-state index contributed by atoms with van der Waals surface area (Å²) in [5.74, 6) is -0.0189. The van der Waals surface area contributed by atoms with E-state index in [4.69, 9.17) is 0 Å². The molecule has 1 aliphatic carbocycles. The molecule has 1 atom stereocenters. The maximum atomic E-state index is 12.0. The van der Waals surface area contributed by atoms with Crippen LogP contribution in [-0.4, -0.2) is 42.0 Å². The molecule has 1 saturated carbocycles. The van der Waals surface area contributed by atoms with Gasteiger partial charge in [0.15, 0.2) is 0 Å². The summed E-state index contributed by atoms with van der Waals surface area (Å²) >= 11 is 0. The lowest BCUT2D eigenvalue weighted by Crippen LogP contribution is -2.46. The van der Waals surface area contributed by atoms with Crippen molar-refractivity contribution in [2.45, 2.75) is 57.5 Å². The van der Waals surface area contributed by atoms with E-state index in [1.165, 1.54) is 26.2 Å². The molecule has 0 aromatic heterocycles. The van der Waals surface area contributed by atoms with E-state index in [0.29, 0.717) is 12.6 Å². The molecule has 1 aliphatic heterocycles. The molecule has 2 N–H and O–H groups in total. The van der Waals surface area contributed by atoms with E-state index >= 15 is 0 Å². The molecule has 2 rings (SSSR count). The molecule has 5 nitrogen and oxygen atoms in total. The standard InChI is InChI=1S/C13H23N3O2/c1-10(17)14-12-7-8-16(9-12)13(18)15-11-5-3-2-4-6-11/h11-12H,2-9H2,1H3,(H,14,17)(H,15,18). The minimum atomic E-state index is -0.0189. The van der Waals surface area contributed by atoms with Gasteiger partial charge in [-0.25, -0.2) is 4.79 Å². The fraction of sp³-hybridized carbons (Fsp3) is 0.846. The van der Waals surface area contributed by atoms with E-state index < -0.39 is 0 Å². The number of nitrogens with zero attached hydrogens (tertiary/aromatic N) is 1. The Morgan fingerprint density at radius 1 is 1.00 bits per heavy atom. The maximum Gasteiger partial charge on any atom is 0.317 e. The number of urea groups is 1. The fourth-order valence-corrected chi connectivity index (χ4v) is 2.86. The van der Waals surface area contributed by atoms with Crippen molar-refractivity contribution in [3.8, 4) is 0 Å². The highest BCUT2D eigenvalue weighted by Gasteiger charge is 2.28. The van der Waals surface area contributed by atoms with Gasteiger partial charge in [-0.15, -0.1) is 0 Å². The van der Waals surface area contributed by atoms with Crippen molar-refractivity contribution >= 4 is 11.9 Å². The molecule has 0 aromatic rings. The average Bonchev–Trinajstić information content (AvgIpc) is 2.78. The van der Waals surface area contributed by atoms with Gasteiger partial charge in [0.25, 0.3) is 0 Å². The van der Waals surface area contributed by atoms with E-state index in [2.05, 4.69) is 10.6 Å². The van der Waals surface area contributed by atoms with Gasteiger partial charge in [0, 0.05) is 32.1 Å². The van der Waals surface area contributed by atoms with Gasteiger partial charge in [0.2, 0.25) is 5.91 Å². The molecule has 5 heteroatoms. The predicted octanol–water partition coefficient (Wildman–Crippen LogP) is 1.24. The Morgan fingerprint density at radius 3 is 2.39 bits per heavy atom. The summed E-state index contributed by atoms with van der Waals surface area (Å²) in [7, 11) is 0. The van der Waals surface area contributed by atoms with Crippen molar-refractivity contribution in [3.05, 3.63) is 0 Å². The molecule has 2 aliphatic rings. The topological polar surface area (TPSA) is 61.4 Å². The summed E-state index contributed by atoms with van der Waals surface area (Å²) in [6.07, 6.45) is 6.81. The largest absolute Gasteiger partial charge is 0.352 e. The zero-order chi connectivity index (χ0) is 13.0. The van der Waals surface area contributed by atoms with Crippen molar-refractivity contribution < 1.29 is 9.59 Å². The van der Waals surface area contributed by atoms with E-state index in [1.54, 1.807) is 0 Å². The summed E-state index contributed by atoms with van der Waals surface area (Å²) in [6.45, 7) is 2.90. The van der Waals surface area contributed by atoms with Crippen LogP contribution in [0.1, 0.15) is 45.4 Å². The zero-order valence-corrected chi connectivity index (χ0v) is 11.1. The molecule has 102 valence electrons. The average molecular weight is 253 g/mol. The first-order chi connectivity index (χ1) is 8.65. The summed E-state index contributed by atoms with van der Waals surface area (Å²) in [6, 6.07) is 0.514. The third-order valence-electron chi connectivity index (χ3n) is 3.82. The molecule has 1 heterocycles. The van der Waals surface area contributed by atoms with Crippen LogP contribution in [0.4, 0.5) is 4.79 Å². The number of carbonyl (C=O) groups excluding carboxylic acids is 2. The smallest absolute Gasteiger partial charge is 0.317 e. The monoisotopic (exact) mass is 253 g/mol. The number of hydrogen-bond donors (Lipinski definition) is 2. The summed E-state index contributed by atoms with van der Waals surface area (Å²) < 4.78 is 0. The molecule has 0 aromatic carbocycles. The number of hydrogen-bond acceptors (Lipinski definition) is 2. The third-order valence-corrected chi connectivity index (χ3v) is 3.82. The van der Waals surface area contributed by atoms with Crippen LogP contribution in [0.25, 0.3) is 0 Å². The third kappa shape index (κ3) is 3.62. The van der Waals surface area contributed by atoms with Crippen molar-refractivity contribution in [2.24, 2.45) is 0 Å². The number of likely N-dealkylation sites (tertiary alicyclic amines) is 1. The van der Waals surface area contributed by atoms with Gasteiger partial charge in [0.1, 0.15) is 0 Å². The molecule has 1 unspecified atom stereocenters. The fourth-order valence-electron chi connectivity index (χ4n) is 2.86. The van der Waals surface area contributed by atoms with E-state index in [1.807, 2.05) is 4.90 Å². The molecule has 0 spiro atoms. The highest BCUT2D eigenvalue weighted by Crippen LogP contribution is 2.18. The Morgan fingerprint density at radius 2 is 1.72 bits per heavy atom. The van der Waals surface area contributed by atoms with Gasteiger partial charge in [0.05, 0.1) is 0 Å². The Balaban J connectivity index is 1.74. The van der Waals surface area contributed by atoms with E-state index in [-0.39, 0.29) is 18.0 Å². The van der Waals surface area contributed by atoms with Crippen LogP contribution >= 0.6 is 0 Å². The second-order valence-electron chi connectivity index (χ2n) is 5.42. The number of rotatable bonds is 2. The molecule has 0 bridgehead atoms. The van der Waals surface area contributed by atoms with Crippen LogP contribution in [0, 0.1) is 0 Å². The molecule has 2 fully saturated rings. The minimum Gasteiger partial charge on any atom is -0.352 e. The molecule has 3 amide bonds. The molecule has 1 saturated heterocycles. The van der Waals surface area contributed by atoms with E-state index in [0.717, 1.165) is 25.8 Å². The molecular formula is C13H23N3O2. The summed E-state index contributed by atoms with van der Waals surface area (Å²) in [5.41, 5.74) is 0. The lowest BCUT2D eigenvalue weighted by molar-refractivity contribution is -0.119. The Labute approximate surface area is 108 Å². The van der Waals surface area contributed by atoms with Crippen LogP contribution in [-0.2, 0) is 4.79 Å². The lowest BCUT2D eigenvalue weighted by atomic mass is 9.96. The Kier molecular flexibility index (Phi) is 4.44. The second kappa shape index (κ2) is 6.07. The van der Waals surface area contributed by atoms with Crippen molar-refractivity contribution in [1.82, 2.24) is 15.5 Å².